The smallest absolute Gasteiger partial charge is 0.323 e. The molecule has 80 valence electrons. The van der Waals surface area contributed by atoms with Crippen molar-refractivity contribution in [3.8, 4) is 0 Å². The van der Waals surface area contributed by atoms with E-state index in [1.807, 2.05) is 0 Å². The number of methoxy groups -OCH3 is 1. The van der Waals surface area contributed by atoms with Crippen LogP contribution < -0.4 is 5.73 Å². The van der Waals surface area contributed by atoms with Crippen molar-refractivity contribution in [2.45, 2.75) is 25.3 Å². The molecule has 0 spiro atoms. The maximum absolute atomic E-state index is 11.3. The zero-order chi connectivity index (χ0) is 10.6. The highest BCUT2D eigenvalue weighted by Gasteiger charge is 2.30. The number of nitrogens with two attached hydrogens (primary N) is 1. The second kappa shape index (κ2) is 5.26. The van der Waals surface area contributed by atoms with Crippen LogP contribution in [0.3, 0.4) is 0 Å². The van der Waals surface area contributed by atoms with Gasteiger partial charge in [0.1, 0.15) is 6.04 Å². The number of nitrogens with zero attached hydrogens (tertiary/aromatic N) is 1. The molecule has 1 saturated heterocycles. The first-order chi connectivity index (χ1) is 6.65. The second-order valence-corrected chi connectivity index (χ2v) is 3.96. The summed E-state index contributed by atoms with van der Waals surface area (Å²) in [5.74, 6) is -0.148. The fraction of sp³-hybridized carbons (Fsp3) is 0.778. The van der Waals surface area contributed by atoms with Crippen molar-refractivity contribution >= 4 is 23.2 Å². The maximum atomic E-state index is 11.3. The Bertz CT molecular complexity index is 233. The van der Waals surface area contributed by atoms with Crippen LogP contribution in [-0.2, 0) is 9.53 Å². The Hall–Kier alpha value is -0.680. The minimum absolute atomic E-state index is 0.0886. The zero-order valence-corrected chi connectivity index (χ0v) is 9.18. The van der Waals surface area contributed by atoms with Gasteiger partial charge in [0.25, 0.3) is 0 Å². The summed E-state index contributed by atoms with van der Waals surface area (Å²) in [4.78, 5) is 13.9. The van der Waals surface area contributed by atoms with Crippen LogP contribution in [0.5, 0.6) is 0 Å². The van der Waals surface area contributed by atoms with Crippen molar-refractivity contribution in [3.05, 3.63) is 0 Å². The molecule has 14 heavy (non-hydrogen) atoms. The molecule has 1 aliphatic rings. The van der Waals surface area contributed by atoms with Crippen LogP contribution in [0, 0.1) is 0 Å². The molecule has 0 bridgehead atoms. The van der Waals surface area contributed by atoms with Gasteiger partial charge in [-0.15, -0.1) is 0 Å². The van der Waals surface area contributed by atoms with Crippen molar-refractivity contribution in [3.63, 3.8) is 0 Å². The van der Waals surface area contributed by atoms with Crippen LogP contribution in [0.15, 0.2) is 0 Å². The molecule has 0 radical (unpaired) electrons. The van der Waals surface area contributed by atoms with Crippen LogP contribution in [0.2, 0.25) is 0 Å². The van der Waals surface area contributed by atoms with E-state index in [2.05, 4.69) is 4.90 Å². The first-order valence-corrected chi connectivity index (χ1v) is 5.16. The third kappa shape index (κ3) is 2.92. The fourth-order valence-electron chi connectivity index (χ4n) is 1.75. The minimum Gasteiger partial charge on any atom is -0.468 e. The summed E-state index contributed by atoms with van der Waals surface area (Å²) in [7, 11) is 1.42. The molecule has 1 heterocycles. The van der Waals surface area contributed by atoms with Crippen LogP contribution in [0.1, 0.15) is 19.3 Å². The topological polar surface area (TPSA) is 55.6 Å². The highest BCUT2D eigenvalue weighted by molar-refractivity contribution is 7.80. The molecular formula is C9H16N2O2S. The van der Waals surface area contributed by atoms with E-state index in [0.717, 1.165) is 25.9 Å². The highest BCUT2D eigenvalue weighted by Crippen LogP contribution is 2.18. The molecule has 0 amide bonds. The van der Waals surface area contributed by atoms with E-state index in [0.29, 0.717) is 11.4 Å². The zero-order valence-electron chi connectivity index (χ0n) is 8.36. The molecule has 1 aliphatic heterocycles. The predicted molar refractivity (Wildman–Crippen MR) is 58.0 cm³/mol. The fourth-order valence-corrected chi connectivity index (χ4v) is 1.84. The number of esters is 1. The van der Waals surface area contributed by atoms with Crippen LogP contribution in [0.25, 0.3) is 0 Å². The summed E-state index contributed by atoms with van der Waals surface area (Å²) >= 11 is 4.80. The molecule has 0 saturated carbocycles. The standard InChI is InChI=1S/C9H16N2O2S/c1-13-9(12)7-3-2-5-11(7)6-4-8(10)14/h7H,2-6H2,1H3,(H2,10,14). The molecule has 1 rings (SSSR count). The van der Waals surface area contributed by atoms with Gasteiger partial charge in [0.05, 0.1) is 12.1 Å². The Labute approximate surface area is 89.4 Å². The molecule has 4 nitrogen and oxygen atoms in total. The van der Waals surface area contributed by atoms with E-state index >= 15 is 0 Å². The number of carbonyl (C=O) groups excluding carboxylic acids is 1. The van der Waals surface area contributed by atoms with Gasteiger partial charge < -0.3 is 10.5 Å². The summed E-state index contributed by atoms with van der Waals surface area (Å²) < 4.78 is 4.73. The van der Waals surface area contributed by atoms with Crippen molar-refractivity contribution in [1.82, 2.24) is 4.90 Å². The SMILES string of the molecule is COC(=O)C1CCCN1CCC(N)=S. The van der Waals surface area contributed by atoms with Gasteiger partial charge in [0.15, 0.2) is 0 Å². The second-order valence-electron chi connectivity index (χ2n) is 3.43. The van der Waals surface area contributed by atoms with E-state index in [-0.39, 0.29) is 12.0 Å². The molecule has 0 aromatic carbocycles. The van der Waals surface area contributed by atoms with E-state index < -0.39 is 0 Å². The monoisotopic (exact) mass is 216 g/mol. The maximum Gasteiger partial charge on any atom is 0.323 e. The van der Waals surface area contributed by atoms with E-state index in [4.69, 9.17) is 22.7 Å². The molecular weight excluding hydrogens is 200 g/mol. The Kier molecular flexibility index (Phi) is 4.28. The average Bonchev–Trinajstić information content (AvgIpc) is 2.61. The summed E-state index contributed by atoms with van der Waals surface area (Å²) in [6, 6.07) is -0.0886. The van der Waals surface area contributed by atoms with Crippen molar-refractivity contribution in [1.29, 1.82) is 0 Å². The number of likely N-dealkylation sites (tertiary alicyclic amines) is 1. The van der Waals surface area contributed by atoms with Crippen LogP contribution in [-0.4, -0.2) is 42.1 Å². The largest absolute Gasteiger partial charge is 0.468 e. The molecule has 0 aliphatic carbocycles. The predicted octanol–water partition coefficient (Wildman–Crippen LogP) is 0.300. The molecule has 0 aromatic heterocycles. The Morgan fingerprint density at radius 3 is 3.00 bits per heavy atom. The van der Waals surface area contributed by atoms with Gasteiger partial charge in [-0.05, 0) is 19.4 Å². The van der Waals surface area contributed by atoms with E-state index in [1.165, 1.54) is 7.11 Å². The Morgan fingerprint density at radius 1 is 1.71 bits per heavy atom. The van der Waals surface area contributed by atoms with Gasteiger partial charge in [0, 0.05) is 13.0 Å². The summed E-state index contributed by atoms with van der Waals surface area (Å²) in [5, 5.41) is 0. The van der Waals surface area contributed by atoms with Crippen LogP contribution >= 0.6 is 12.2 Å². The first-order valence-electron chi connectivity index (χ1n) is 4.75. The van der Waals surface area contributed by atoms with Gasteiger partial charge in [-0.2, -0.15) is 0 Å². The summed E-state index contributed by atoms with van der Waals surface area (Å²) in [5.41, 5.74) is 5.41. The molecule has 2 N–H and O–H groups in total. The Morgan fingerprint density at radius 2 is 2.43 bits per heavy atom. The normalized spacial score (nSPS) is 22.2. The van der Waals surface area contributed by atoms with Crippen molar-refractivity contribution < 1.29 is 9.53 Å². The molecule has 1 atom stereocenters. The summed E-state index contributed by atoms with van der Waals surface area (Å²) in [6.45, 7) is 1.69. The van der Waals surface area contributed by atoms with Gasteiger partial charge in [0.2, 0.25) is 0 Å². The number of carbonyl (C=O) groups is 1. The molecule has 0 aromatic rings. The molecule has 5 heteroatoms. The van der Waals surface area contributed by atoms with Gasteiger partial charge >= 0.3 is 5.97 Å². The van der Waals surface area contributed by atoms with Crippen molar-refractivity contribution in [2.24, 2.45) is 5.73 Å². The lowest BCUT2D eigenvalue weighted by atomic mass is 10.2. The van der Waals surface area contributed by atoms with Gasteiger partial charge in [-0.1, -0.05) is 12.2 Å². The lowest BCUT2D eigenvalue weighted by Gasteiger charge is -2.21. The average molecular weight is 216 g/mol. The molecule has 1 fully saturated rings. The van der Waals surface area contributed by atoms with Crippen molar-refractivity contribution in [2.75, 3.05) is 20.2 Å². The minimum atomic E-state index is -0.148. The third-order valence-corrected chi connectivity index (χ3v) is 2.69. The first kappa shape index (κ1) is 11.4. The van der Waals surface area contributed by atoms with E-state index in [1.54, 1.807) is 0 Å². The lowest BCUT2D eigenvalue weighted by Crippen LogP contribution is -2.38. The number of ether oxygens (including phenoxy) is 1. The lowest BCUT2D eigenvalue weighted by molar-refractivity contribution is -0.145. The van der Waals surface area contributed by atoms with Gasteiger partial charge in [-0.25, -0.2) is 0 Å². The number of rotatable bonds is 4. The van der Waals surface area contributed by atoms with Crippen LogP contribution in [0.4, 0.5) is 0 Å². The van der Waals surface area contributed by atoms with Gasteiger partial charge in [-0.3, -0.25) is 9.69 Å². The highest BCUT2D eigenvalue weighted by atomic mass is 32.1. The number of hydrogen-bond donors (Lipinski definition) is 1. The summed E-state index contributed by atoms with van der Waals surface area (Å²) in [6.07, 6.45) is 2.59. The quantitative estimate of drug-likeness (QED) is 0.541. The van der Waals surface area contributed by atoms with E-state index in [9.17, 15) is 4.79 Å². The number of thiocarbonyl (C=S) groups is 1. The molecule has 1 unspecified atom stereocenters. The Balaban J connectivity index is 2.42. The third-order valence-electron chi connectivity index (χ3n) is 2.48. The number of hydrogen-bond acceptors (Lipinski definition) is 4.